The van der Waals surface area contributed by atoms with Gasteiger partial charge in [0.25, 0.3) is 0 Å². The number of likely N-dealkylation sites (tertiary alicyclic amines) is 1. The zero-order chi connectivity index (χ0) is 29.4. The Morgan fingerprint density at radius 2 is 1.25 bits per heavy atom. The van der Waals surface area contributed by atoms with Crippen molar-refractivity contribution in [2.75, 3.05) is 25.0 Å². The van der Waals surface area contributed by atoms with E-state index in [1.165, 1.54) is 77.4 Å². The van der Waals surface area contributed by atoms with Gasteiger partial charge in [0.1, 0.15) is 6.29 Å². The zero-order valence-corrected chi connectivity index (χ0v) is 29.4. The summed E-state index contributed by atoms with van der Waals surface area (Å²) in [6.07, 6.45) is 19.1. The molecule has 3 rings (SSSR count). The van der Waals surface area contributed by atoms with Crippen LogP contribution in [0, 0.1) is 6.42 Å². The van der Waals surface area contributed by atoms with Gasteiger partial charge in [-0.05, 0) is 38.0 Å². The summed E-state index contributed by atoms with van der Waals surface area (Å²) in [4.78, 5) is 23.1. The molecule has 4 nitrogen and oxygen atoms in total. The van der Waals surface area contributed by atoms with Crippen LogP contribution in [0.3, 0.4) is 0 Å². The molecule has 2 aromatic rings. The van der Waals surface area contributed by atoms with Crippen LogP contribution in [-0.2, 0) is 30.7 Å². The van der Waals surface area contributed by atoms with E-state index in [0.29, 0.717) is 0 Å². The number of amides is 1. The Bertz CT molecular complexity index is 765. The minimum Gasteiger partial charge on any atom is -0.490 e. The van der Waals surface area contributed by atoms with E-state index in [2.05, 4.69) is 16.6 Å². The van der Waals surface area contributed by atoms with Crippen molar-refractivity contribution >= 4 is 18.4 Å². The van der Waals surface area contributed by atoms with Gasteiger partial charge in [0.15, 0.2) is 0 Å². The normalized spacial score (nSPS) is 11.7. The van der Waals surface area contributed by atoms with Gasteiger partial charge in [-0.2, -0.15) is 12.8 Å². The minimum atomic E-state index is 0. The topological polar surface area (TPSA) is 49.4 Å². The van der Waals surface area contributed by atoms with E-state index in [1.807, 2.05) is 96.1 Å². The molecule has 1 aliphatic rings. The number of benzene rings is 2. The molecule has 1 saturated heterocycles. The first-order valence-electron chi connectivity index (χ1n) is 15.6. The maximum absolute atomic E-state index is 10.3. The van der Waals surface area contributed by atoms with Crippen LogP contribution in [0.15, 0.2) is 54.6 Å². The van der Waals surface area contributed by atoms with Crippen molar-refractivity contribution in [3.05, 3.63) is 61.0 Å². The third kappa shape index (κ3) is 23.0. The molecule has 1 heterocycles. The number of para-hydroxylation sites is 1. The van der Waals surface area contributed by atoms with Gasteiger partial charge in [-0.25, -0.2) is 0 Å². The number of piperidine rings is 1. The predicted molar refractivity (Wildman–Crippen MR) is 173 cm³/mol. The van der Waals surface area contributed by atoms with E-state index in [9.17, 15) is 9.59 Å². The Morgan fingerprint density at radius 3 is 1.80 bits per heavy atom. The molecule has 0 aromatic heterocycles. The van der Waals surface area contributed by atoms with E-state index in [4.69, 9.17) is 0 Å². The number of carbonyl (C=O) groups excluding carboxylic acids is 2. The van der Waals surface area contributed by atoms with Gasteiger partial charge in [-0.15, -0.1) is 11.8 Å². The van der Waals surface area contributed by atoms with E-state index in [-0.39, 0.29) is 21.1 Å². The molecule has 0 unspecified atom stereocenters. The Morgan fingerprint density at radius 1 is 0.750 bits per heavy atom. The van der Waals surface area contributed by atoms with Crippen LogP contribution in [0.1, 0.15) is 112 Å². The number of nitrogens with one attached hydrogen (secondary N) is 1. The summed E-state index contributed by atoms with van der Waals surface area (Å²) in [6.45, 7) is 15.9. The van der Waals surface area contributed by atoms with E-state index in [1.54, 1.807) is 6.41 Å². The second-order valence-electron chi connectivity index (χ2n) is 8.63. The quantitative estimate of drug-likeness (QED) is 0.0915. The summed E-state index contributed by atoms with van der Waals surface area (Å²) in [6, 6.07) is 17.6. The number of unbranched alkanes of at least 4 members (excludes halogenated alkanes) is 8. The fraction of sp³-hybridized carbons (Fsp3) is 0.571. The van der Waals surface area contributed by atoms with Crippen LogP contribution in [0.2, 0.25) is 0 Å². The molecule has 5 heteroatoms. The minimum absolute atomic E-state index is 0. The van der Waals surface area contributed by atoms with Gasteiger partial charge in [-0.1, -0.05) is 134 Å². The average molecular weight is 723 g/mol. The van der Waals surface area contributed by atoms with Gasteiger partial charge in [0.2, 0.25) is 0 Å². The zero-order valence-electron chi connectivity index (χ0n) is 26.4. The summed E-state index contributed by atoms with van der Waals surface area (Å²) in [5, 5.41) is 2.57. The molecule has 2 aromatic carbocycles. The SMILES string of the molecule is CC.CC.CC.O=CCCCCCCCCCCN1CC[CH-]CC1.O=[C-]Nc1ccccc1-c1ccccc1.[W+2]. The van der Waals surface area contributed by atoms with Gasteiger partial charge in [-0.3, -0.25) is 0 Å². The number of hydrogen-bond acceptors (Lipinski definition) is 3. The molecular formula is C35H58N2O2W. The first-order chi connectivity index (χ1) is 19.3. The van der Waals surface area contributed by atoms with Crippen LogP contribution in [0.25, 0.3) is 11.1 Å². The monoisotopic (exact) mass is 722 g/mol. The summed E-state index contributed by atoms with van der Waals surface area (Å²) in [5.74, 6) is 0. The van der Waals surface area contributed by atoms with Crippen molar-refractivity contribution in [2.45, 2.75) is 112 Å². The predicted octanol–water partition coefficient (Wildman–Crippen LogP) is 9.91. The van der Waals surface area contributed by atoms with Crippen molar-refractivity contribution < 1.29 is 30.7 Å². The van der Waals surface area contributed by atoms with Gasteiger partial charge in [0, 0.05) is 6.42 Å². The Balaban J connectivity index is -0.000000569. The first-order valence-corrected chi connectivity index (χ1v) is 15.6. The number of aldehydes is 1. The van der Waals surface area contributed by atoms with Crippen molar-refractivity contribution in [3.8, 4) is 11.1 Å². The van der Waals surface area contributed by atoms with E-state index in [0.717, 1.165) is 35.9 Å². The van der Waals surface area contributed by atoms with Crippen molar-refractivity contribution in [1.29, 1.82) is 0 Å². The molecule has 40 heavy (non-hydrogen) atoms. The largest absolute Gasteiger partial charge is 2.00 e. The first kappa shape index (κ1) is 42.7. The van der Waals surface area contributed by atoms with Crippen LogP contribution in [-0.4, -0.2) is 37.2 Å². The third-order valence-electron chi connectivity index (χ3n) is 6.04. The van der Waals surface area contributed by atoms with E-state index < -0.39 is 0 Å². The van der Waals surface area contributed by atoms with Gasteiger partial charge >= 0.3 is 21.1 Å². The maximum Gasteiger partial charge on any atom is 2.00 e. The van der Waals surface area contributed by atoms with Gasteiger partial charge in [0.05, 0.1) is 6.41 Å². The molecule has 0 aliphatic carbocycles. The number of carbonyl (C=O) groups is 1. The standard InChI is InChI=1S/C16H30NO.C13H10NO.3C2H6.W/c18-16-12-7-5-3-1-2-4-6-9-13-17-14-10-8-11-15-17;15-10-14-13-9-5-4-8-12(13)11-6-2-1-3-7-11;3*1-2;/h8,16H,1-7,9-15H2;1-9H,(H,14,15);3*1-2H3;/q2*-1;;;;+2. The Kier molecular flexibility index (Phi) is 37.6. The second-order valence-corrected chi connectivity index (χ2v) is 8.63. The molecule has 0 bridgehead atoms. The molecule has 0 spiro atoms. The summed E-state index contributed by atoms with van der Waals surface area (Å²) in [7, 11) is 0. The molecule has 1 N–H and O–H groups in total. The molecule has 1 fully saturated rings. The number of anilines is 1. The number of rotatable bonds is 14. The van der Waals surface area contributed by atoms with Crippen LogP contribution in [0.4, 0.5) is 5.69 Å². The molecule has 1 aliphatic heterocycles. The average Bonchev–Trinajstić information content (AvgIpc) is 3.03. The smallest absolute Gasteiger partial charge is 0.490 e. The molecule has 0 saturated carbocycles. The van der Waals surface area contributed by atoms with Crippen molar-refractivity contribution in [2.24, 2.45) is 0 Å². The molecule has 0 radical (unpaired) electrons. The molecule has 1 amide bonds. The molecular weight excluding hydrogens is 664 g/mol. The molecule has 226 valence electrons. The number of nitrogens with zero attached hydrogens (tertiary/aromatic N) is 1. The van der Waals surface area contributed by atoms with Crippen molar-refractivity contribution in [1.82, 2.24) is 4.90 Å². The van der Waals surface area contributed by atoms with Gasteiger partial charge < -0.3 is 26.2 Å². The fourth-order valence-corrected chi connectivity index (χ4v) is 4.17. The Labute approximate surface area is 262 Å². The summed E-state index contributed by atoms with van der Waals surface area (Å²) >= 11 is 0. The van der Waals surface area contributed by atoms with Crippen LogP contribution < -0.4 is 5.32 Å². The van der Waals surface area contributed by atoms with E-state index >= 15 is 0 Å². The second kappa shape index (κ2) is 35.3. The maximum atomic E-state index is 10.3. The summed E-state index contributed by atoms with van der Waals surface area (Å²) in [5.41, 5.74) is 2.86. The fourth-order valence-electron chi connectivity index (χ4n) is 4.17. The Hall–Kier alpha value is -1.77. The third-order valence-corrected chi connectivity index (χ3v) is 6.04. The van der Waals surface area contributed by atoms with Crippen LogP contribution in [0.5, 0.6) is 0 Å². The summed E-state index contributed by atoms with van der Waals surface area (Å²) < 4.78 is 0. The van der Waals surface area contributed by atoms with Crippen LogP contribution >= 0.6 is 0 Å². The molecule has 0 atom stereocenters. The number of hydrogen-bond donors (Lipinski definition) is 1. The van der Waals surface area contributed by atoms with Crippen molar-refractivity contribution in [3.63, 3.8) is 0 Å².